The van der Waals surface area contributed by atoms with Gasteiger partial charge in [0.25, 0.3) is 0 Å². The Morgan fingerprint density at radius 2 is 1.89 bits per heavy atom. The molecule has 1 aromatic heterocycles. The van der Waals surface area contributed by atoms with Crippen LogP contribution in [-0.4, -0.2) is 21.4 Å². The van der Waals surface area contributed by atoms with Crippen LogP contribution in [0.2, 0.25) is 0 Å². The second-order valence-corrected chi connectivity index (χ2v) is 8.14. The van der Waals surface area contributed by atoms with Gasteiger partial charge in [-0.05, 0) is 85.0 Å². The molecule has 0 aliphatic heterocycles. The van der Waals surface area contributed by atoms with Crippen molar-refractivity contribution in [3.05, 3.63) is 59.0 Å². The summed E-state index contributed by atoms with van der Waals surface area (Å²) in [6, 6.07) is 10.7. The fraction of sp³-hybridized carbons (Fsp3) is 0.391. The van der Waals surface area contributed by atoms with Crippen LogP contribution < -0.4 is 0 Å². The molecule has 0 amide bonds. The predicted molar refractivity (Wildman–Crippen MR) is 106 cm³/mol. The van der Waals surface area contributed by atoms with Crippen LogP contribution in [0.15, 0.2) is 36.4 Å². The highest BCUT2D eigenvalue weighted by Crippen LogP contribution is 2.48. The maximum absolute atomic E-state index is 13.9. The zero-order valence-corrected chi connectivity index (χ0v) is 16.0. The molecule has 1 fully saturated rings. The molecule has 3 nitrogen and oxygen atoms in total. The summed E-state index contributed by atoms with van der Waals surface area (Å²) in [5.41, 5.74) is 5.07. The number of benzene rings is 2. The van der Waals surface area contributed by atoms with Crippen LogP contribution in [-0.2, 0) is 0 Å². The first-order valence-corrected chi connectivity index (χ1v) is 9.65. The lowest BCUT2D eigenvalue weighted by atomic mass is 9.70. The molecule has 27 heavy (non-hydrogen) atoms. The van der Waals surface area contributed by atoms with Crippen LogP contribution in [0.25, 0.3) is 16.6 Å². The molecule has 0 saturated heterocycles. The number of phenolic OH excluding ortho intramolecular Hbond substituents is 1. The molecule has 2 aromatic carbocycles. The molecule has 142 valence electrons. The third kappa shape index (κ3) is 2.92. The highest BCUT2D eigenvalue weighted by atomic mass is 19.1. The molecule has 0 atom stereocenters. The Morgan fingerprint density at radius 3 is 2.52 bits per heavy atom. The maximum Gasteiger partial charge on any atom is 0.126 e. The minimum absolute atomic E-state index is 0.205. The third-order valence-electron chi connectivity index (χ3n) is 5.88. The van der Waals surface area contributed by atoms with E-state index in [4.69, 9.17) is 0 Å². The average Bonchev–Trinajstić information content (AvgIpc) is 2.91. The largest absolute Gasteiger partial charge is 0.508 e. The van der Waals surface area contributed by atoms with Gasteiger partial charge in [-0.2, -0.15) is 0 Å². The first-order valence-electron chi connectivity index (χ1n) is 9.65. The average molecular weight is 367 g/mol. The number of aliphatic hydroxyl groups excluding tert-OH is 1. The van der Waals surface area contributed by atoms with Crippen molar-refractivity contribution in [2.24, 2.45) is 5.92 Å². The molecule has 1 saturated carbocycles. The van der Waals surface area contributed by atoms with E-state index in [0.717, 1.165) is 29.4 Å². The number of phenols is 1. The van der Waals surface area contributed by atoms with Crippen LogP contribution in [0.1, 0.15) is 55.3 Å². The number of halogens is 1. The zero-order chi connectivity index (χ0) is 19.3. The van der Waals surface area contributed by atoms with Gasteiger partial charge in [0.05, 0.1) is 5.52 Å². The number of aromatic nitrogens is 1. The Labute approximate surface area is 159 Å². The summed E-state index contributed by atoms with van der Waals surface area (Å²) in [5.74, 6) is 1.06. The number of rotatable bonds is 4. The van der Waals surface area contributed by atoms with E-state index in [1.807, 2.05) is 24.3 Å². The van der Waals surface area contributed by atoms with E-state index in [2.05, 4.69) is 18.4 Å². The van der Waals surface area contributed by atoms with Gasteiger partial charge in [-0.1, -0.05) is 13.8 Å². The number of aromatic hydroxyl groups is 1. The summed E-state index contributed by atoms with van der Waals surface area (Å²) in [6.45, 7) is 6.36. The lowest BCUT2D eigenvalue weighted by Gasteiger charge is -2.35. The summed E-state index contributed by atoms with van der Waals surface area (Å²) in [4.78, 5) is 0. The van der Waals surface area contributed by atoms with Gasteiger partial charge < -0.3 is 14.8 Å². The van der Waals surface area contributed by atoms with Crippen LogP contribution in [0.3, 0.4) is 0 Å². The second-order valence-electron chi connectivity index (χ2n) is 8.14. The van der Waals surface area contributed by atoms with Gasteiger partial charge in [0.2, 0.25) is 0 Å². The molecule has 1 aliphatic carbocycles. The quantitative estimate of drug-likeness (QED) is 0.649. The predicted octanol–water partition coefficient (Wildman–Crippen LogP) is 5.39. The zero-order valence-electron chi connectivity index (χ0n) is 16.0. The van der Waals surface area contributed by atoms with Crippen LogP contribution >= 0.6 is 0 Å². The molecule has 1 aliphatic rings. The van der Waals surface area contributed by atoms with E-state index in [1.54, 1.807) is 13.0 Å². The van der Waals surface area contributed by atoms with Gasteiger partial charge in [0.15, 0.2) is 0 Å². The van der Waals surface area contributed by atoms with Gasteiger partial charge in [0.1, 0.15) is 11.6 Å². The lowest BCUT2D eigenvalue weighted by Crippen LogP contribution is -2.25. The summed E-state index contributed by atoms with van der Waals surface area (Å²) in [6.07, 6.45) is 1.93. The van der Waals surface area contributed by atoms with Gasteiger partial charge in [0, 0.05) is 23.4 Å². The topological polar surface area (TPSA) is 45.4 Å². The van der Waals surface area contributed by atoms with E-state index in [1.165, 1.54) is 17.3 Å². The Hall–Kier alpha value is -2.33. The van der Waals surface area contributed by atoms with Crippen molar-refractivity contribution in [1.82, 2.24) is 4.57 Å². The number of aryl methyl sites for hydroxylation is 1. The van der Waals surface area contributed by atoms with Gasteiger partial charge >= 0.3 is 0 Å². The number of nitrogens with zero attached hydrogens (tertiary/aromatic N) is 1. The fourth-order valence-electron chi connectivity index (χ4n) is 4.49. The molecule has 4 heteroatoms. The van der Waals surface area contributed by atoms with Crippen molar-refractivity contribution in [3.63, 3.8) is 0 Å². The number of aliphatic hydroxyl groups is 1. The van der Waals surface area contributed by atoms with Crippen molar-refractivity contribution in [1.29, 1.82) is 0 Å². The van der Waals surface area contributed by atoms with Gasteiger partial charge in [-0.15, -0.1) is 0 Å². The van der Waals surface area contributed by atoms with Crippen LogP contribution in [0, 0.1) is 18.7 Å². The summed E-state index contributed by atoms with van der Waals surface area (Å²) in [5, 5.41) is 20.6. The summed E-state index contributed by atoms with van der Waals surface area (Å²) >= 11 is 0. The van der Waals surface area contributed by atoms with E-state index >= 15 is 0 Å². The molecular weight excluding hydrogens is 341 g/mol. The second kappa shape index (κ2) is 6.68. The van der Waals surface area contributed by atoms with E-state index in [0.29, 0.717) is 17.4 Å². The number of fused-ring (bicyclic) bond motifs is 1. The minimum Gasteiger partial charge on any atom is -0.508 e. The molecular formula is C23H26FNO2. The van der Waals surface area contributed by atoms with Gasteiger partial charge in [-0.3, -0.25) is 0 Å². The molecule has 4 rings (SSSR count). The molecule has 3 aromatic rings. The summed E-state index contributed by atoms with van der Waals surface area (Å²) < 4.78 is 16.1. The van der Waals surface area contributed by atoms with Crippen LogP contribution in [0.4, 0.5) is 4.39 Å². The molecule has 1 heterocycles. The SMILES string of the molecule is Cc1cc(-n2c(C(C)C)c(C3CC(CO)C3)c3cc(O)ccc32)ccc1F. The van der Waals surface area contributed by atoms with E-state index < -0.39 is 0 Å². The van der Waals surface area contributed by atoms with E-state index in [9.17, 15) is 14.6 Å². The first kappa shape index (κ1) is 18.1. The molecule has 0 spiro atoms. The smallest absolute Gasteiger partial charge is 0.126 e. The van der Waals surface area contributed by atoms with Crippen molar-refractivity contribution in [2.75, 3.05) is 6.61 Å². The Balaban J connectivity index is 2.00. The third-order valence-corrected chi connectivity index (χ3v) is 5.88. The van der Waals surface area contributed by atoms with E-state index in [-0.39, 0.29) is 24.1 Å². The monoisotopic (exact) mass is 367 g/mol. The van der Waals surface area contributed by atoms with Crippen molar-refractivity contribution < 1.29 is 14.6 Å². The Bertz CT molecular complexity index is 999. The molecule has 0 unspecified atom stereocenters. The maximum atomic E-state index is 13.9. The Kier molecular flexibility index (Phi) is 4.47. The van der Waals surface area contributed by atoms with Crippen LogP contribution in [0.5, 0.6) is 5.75 Å². The number of hydrogen-bond acceptors (Lipinski definition) is 2. The molecule has 0 radical (unpaired) electrons. The standard InChI is InChI=1S/C23H26FNO2/c1-13(2)23-22(16-9-15(10-16)12-26)19-11-18(27)5-7-21(19)25(23)17-4-6-20(24)14(3)8-17/h4-8,11,13,15-16,26-27H,9-10,12H2,1-3H3. The van der Waals surface area contributed by atoms with Crippen molar-refractivity contribution in [2.45, 2.75) is 45.4 Å². The Morgan fingerprint density at radius 1 is 1.15 bits per heavy atom. The summed E-state index contributed by atoms with van der Waals surface area (Å²) in [7, 11) is 0. The van der Waals surface area contributed by atoms with Crippen molar-refractivity contribution >= 4 is 10.9 Å². The first-order chi connectivity index (χ1) is 12.9. The van der Waals surface area contributed by atoms with Crippen molar-refractivity contribution in [3.8, 4) is 11.4 Å². The normalized spacial score (nSPS) is 19.6. The molecule has 0 bridgehead atoms. The minimum atomic E-state index is -0.205. The highest BCUT2D eigenvalue weighted by molar-refractivity contribution is 5.89. The highest BCUT2D eigenvalue weighted by Gasteiger charge is 2.35. The lowest BCUT2D eigenvalue weighted by molar-refractivity contribution is 0.142. The fourth-order valence-corrected chi connectivity index (χ4v) is 4.49. The molecule has 2 N–H and O–H groups in total. The number of hydrogen-bond donors (Lipinski definition) is 2. The van der Waals surface area contributed by atoms with Gasteiger partial charge in [-0.25, -0.2) is 4.39 Å².